The molecular formula is C12H19N3O6. The van der Waals surface area contributed by atoms with Gasteiger partial charge in [-0.3, -0.25) is 20.3 Å². The van der Waals surface area contributed by atoms with E-state index in [1.54, 1.807) is 27.7 Å². The van der Waals surface area contributed by atoms with Crippen molar-refractivity contribution < 1.29 is 28.7 Å². The summed E-state index contributed by atoms with van der Waals surface area (Å²) in [5.41, 5.74) is 1.60. The van der Waals surface area contributed by atoms with E-state index in [-0.39, 0.29) is 6.61 Å². The van der Waals surface area contributed by atoms with Crippen molar-refractivity contribution in [3.8, 4) is 0 Å². The number of hydrazine groups is 1. The smallest absolute Gasteiger partial charge is 0.422 e. The Labute approximate surface area is 121 Å². The fraction of sp³-hybridized carbons (Fsp3) is 0.667. The van der Waals surface area contributed by atoms with E-state index < -0.39 is 41.4 Å². The van der Waals surface area contributed by atoms with Gasteiger partial charge in [-0.1, -0.05) is 0 Å². The number of rotatable bonds is 4. The average Bonchev–Trinajstić information content (AvgIpc) is 2.60. The van der Waals surface area contributed by atoms with Crippen LogP contribution < -0.4 is 16.2 Å². The molecule has 0 aromatic heterocycles. The highest BCUT2D eigenvalue weighted by Crippen LogP contribution is 2.18. The standard InChI is InChI=1S/C12H19N3O6/c1-5-20-9(18)12(6-7(16)13-8(12)17)15-14-10(19)21-11(2,3)4/h15H,5-6H2,1-4H3,(H,14,19)(H,13,16,17)/t12-/m1/s1. The number of imide groups is 1. The van der Waals surface area contributed by atoms with Crippen LogP contribution >= 0.6 is 0 Å². The first-order valence-corrected chi connectivity index (χ1v) is 6.38. The maximum atomic E-state index is 11.9. The molecule has 9 heteroatoms. The zero-order valence-electron chi connectivity index (χ0n) is 12.4. The van der Waals surface area contributed by atoms with Crippen molar-refractivity contribution in [2.75, 3.05) is 6.61 Å². The summed E-state index contributed by atoms with van der Waals surface area (Å²) in [6, 6.07) is 0. The van der Waals surface area contributed by atoms with Gasteiger partial charge in [0.25, 0.3) is 5.91 Å². The molecule has 1 aliphatic heterocycles. The molecule has 0 aromatic carbocycles. The van der Waals surface area contributed by atoms with Crippen LogP contribution in [-0.4, -0.2) is 41.6 Å². The van der Waals surface area contributed by atoms with E-state index in [0.717, 1.165) is 0 Å². The molecule has 1 heterocycles. The Hall–Kier alpha value is -2.16. The second-order valence-corrected chi connectivity index (χ2v) is 5.43. The van der Waals surface area contributed by atoms with Gasteiger partial charge < -0.3 is 9.47 Å². The molecule has 3 N–H and O–H groups in total. The molecule has 1 atom stereocenters. The Kier molecular flexibility index (Phi) is 4.89. The highest BCUT2D eigenvalue weighted by atomic mass is 16.6. The van der Waals surface area contributed by atoms with Crippen molar-refractivity contribution in [3.05, 3.63) is 0 Å². The average molecular weight is 301 g/mol. The third-order valence-corrected chi connectivity index (χ3v) is 2.47. The van der Waals surface area contributed by atoms with Crippen molar-refractivity contribution in [3.63, 3.8) is 0 Å². The fourth-order valence-corrected chi connectivity index (χ4v) is 1.63. The highest BCUT2D eigenvalue weighted by Gasteiger charge is 2.55. The maximum Gasteiger partial charge on any atom is 0.422 e. The Bertz CT molecular complexity index is 470. The molecule has 0 aliphatic carbocycles. The molecular weight excluding hydrogens is 282 g/mol. The van der Waals surface area contributed by atoms with E-state index in [0.29, 0.717) is 0 Å². The van der Waals surface area contributed by atoms with Gasteiger partial charge in [0.15, 0.2) is 0 Å². The molecule has 0 spiro atoms. The lowest BCUT2D eigenvalue weighted by molar-refractivity contribution is -0.155. The number of nitrogens with one attached hydrogen (secondary N) is 3. The summed E-state index contributed by atoms with van der Waals surface area (Å²) < 4.78 is 9.74. The number of hydrogen-bond acceptors (Lipinski definition) is 7. The Morgan fingerprint density at radius 1 is 1.33 bits per heavy atom. The van der Waals surface area contributed by atoms with Crippen molar-refractivity contribution in [2.45, 2.75) is 45.3 Å². The molecule has 1 fully saturated rings. The molecule has 21 heavy (non-hydrogen) atoms. The fourth-order valence-electron chi connectivity index (χ4n) is 1.63. The molecule has 1 aliphatic rings. The lowest BCUT2D eigenvalue weighted by Crippen LogP contribution is -2.63. The quantitative estimate of drug-likeness (QED) is 0.273. The molecule has 0 aromatic rings. The first kappa shape index (κ1) is 16.9. The monoisotopic (exact) mass is 301 g/mol. The van der Waals surface area contributed by atoms with Crippen LogP contribution in [0.2, 0.25) is 0 Å². The number of hydrogen-bond donors (Lipinski definition) is 3. The van der Waals surface area contributed by atoms with E-state index in [4.69, 9.17) is 9.47 Å². The van der Waals surface area contributed by atoms with Gasteiger partial charge in [0.05, 0.1) is 13.0 Å². The van der Waals surface area contributed by atoms with Gasteiger partial charge in [-0.2, -0.15) is 0 Å². The van der Waals surface area contributed by atoms with Crippen LogP contribution in [0.4, 0.5) is 4.79 Å². The van der Waals surface area contributed by atoms with Gasteiger partial charge in [0.2, 0.25) is 11.4 Å². The van der Waals surface area contributed by atoms with Crippen molar-refractivity contribution in [1.29, 1.82) is 0 Å². The minimum atomic E-state index is -1.98. The van der Waals surface area contributed by atoms with E-state index >= 15 is 0 Å². The third kappa shape index (κ3) is 4.15. The van der Waals surface area contributed by atoms with Crippen LogP contribution in [0.3, 0.4) is 0 Å². The minimum absolute atomic E-state index is 0.0240. The van der Waals surface area contributed by atoms with Crippen LogP contribution in [0.15, 0.2) is 0 Å². The van der Waals surface area contributed by atoms with E-state index in [9.17, 15) is 19.2 Å². The topological polar surface area (TPSA) is 123 Å². The van der Waals surface area contributed by atoms with Gasteiger partial charge in [0, 0.05) is 0 Å². The number of esters is 1. The minimum Gasteiger partial charge on any atom is -0.464 e. The van der Waals surface area contributed by atoms with Crippen LogP contribution in [0, 0.1) is 0 Å². The van der Waals surface area contributed by atoms with Crippen LogP contribution in [-0.2, 0) is 23.9 Å². The van der Waals surface area contributed by atoms with Crippen LogP contribution in [0.5, 0.6) is 0 Å². The van der Waals surface area contributed by atoms with E-state index in [1.807, 2.05) is 5.32 Å². The molecule has 118 valence electrons. The number of carbonyl (C=O) groups is 4. The lowest BCUT2D eigenvalue weighted by atomic mass is 9.99. The first-order valence-electron chi connectivity index (χ1n) is 6.38. The van der Waals surface area contributed by atoms with Gasteiger partial charge in [-0.25, -0.2) is 15.0 Å². The number of amides is 3. The van der Waals surface area contributed by atoms with Crippen LogP contribution in [0.25, 0.3) is 0 Å². The number of carbonyl (C=O) groups excluding carboxylic acids is 4. The van der Waals surface area contributed by atoms with Crippen molar-refractivity contribution >= 4 is 23.9 Å². The summed E-state index contributed by atoms with van der Waals surface area (Å²) in [5, 5.41) is 1.99. The molecule has 0 unspecified atom stereocenters. The molecule has 0 bridgehead atoms. The number of ether oxygens (including phenoxy) is 2. The maximum absolute atomic E-state index is 11.9. The van der Waals surface area contributed by atoms with Gasteiger partial charge in [-0.05, 0) is 27.7 Å². The molecule has 0 radical (unpaired) electrons. The van der Waals surface area contributed by atoms with E-state index in [2.05, 4.69) is 10.9 Å². The van der Waals surface area contributed by atoms with Gasteiger partial charge in [-0.15, -0.1) is 0 Å². The third-order valence-electron chi connectivity index (χ3n) is 2.47. The van der Waals surface area contributed by atoms with Crippen molar-refractivity contribution in [1.82, 2.24) is 16.2 Å². The summed E-state index contributed by atoms with van der Waals surface area (Å²) in [6.45, 7) is 6.54. The van der Waals surface area contributed by atoms with Crippen molar-refractivity contribution in [2.24, 2.45) is 0 Å². The lowest BCUT2D eigenvalue weighted by Gasteiger charge is -2.26. The summed E-state index contributed by atoms with van der Waals surface area (Å²) in [4.78, 5) is 46.7. The SMILES string of the molecule is CCOC(=O)[C@@]1(NNC(=O)OC(C)(C)C)CC(=O)NC1=O. The Balaban J connectivity index is 2.81. The Morgan fingerprint density at radius 3 is 2.38 bits per heavy atom. The zero-order valence-corrected chi connectivity index (χ0v) is 12.4. The molecule has 1 rings (SSSR count). The molecule has 1 saturated heterocycles. The largest absolute Gasteiger partial charge is 0.464 e. The zero-order chi connectivity index (χ0) is 16.3. The second-order valence-electron chi connectivity index (χ2n) is 5.43. The Morgan fingerprint density at radius 2 is 1.95 bits per heavy atom. The van der Waals surface area contributed by atoms with Gasteiger partial charge >= 0.3 is 12.1 Å². The highest BCUT2D eigenvalue weighted by molar-refractivity contribution is 6.19. The first-order chi connectivity index (χ1) is 9.60. The molecule has 0 saturated carbocycles. The summed E-state index contributed by atoms with van der Waals surface area (Å²) >= 11 is 0. The summed E-state index contributed by atoms with van der Waals surface area (Å²) in [7, 11) is 0. The normalized spacial score (nSPS) is 21.7. The predicted molar refractivity (Wildman–Crippen MR) is 69.6 cm³/mol. The summed E-state index contributed by atoms with van der Waals surface area (Å²) in [5.74, 6) is -2.49. The molecule has 9 nitrogen and oxygen atoms in total. The summed E-state index contributed by atoms with van der Waals surface area (Å²) in [6.07, 6.45) is -1.36. The van der Waals surface area contributed by atoms with Crippen LogP contribution in [0.1, 0.15) is 34.1 Å². The van der Waals surface area contributed by atoms with Gasteiger partial charge in [0.1, 0.15) is 5.60 Å². The molecule has 3 amide bonds. The van der Waals surface area contributed by atoms with E-state index in [1.165, 1.54) is 0 Å². The predicted octanol–water partition coefficient (Wildman–Crippen LogP) is -0.636. The second kappa shape index (κ2) is 6.08.